The van der Waals surface area contributed by atoms with Crippen LogP contribution in [0.5, 0.6) is 0 Å². The summed E-state index contributed by atoms with van der Waals surface area (Å²) in [4.78, 5) is 37.5. The van der Waals surface area contributed by atoms with Gasteiger partial charge in [-0.2, -0.15) is 0 Å². The van der Waals surface area contributed by atoms with Crippen LogP contribution in [0.4, 0.5) is 17.1 Å². The Morgan fingerprint density at radius 3 is 2.63 bits per heavy atom. The molecule has 2 N–H and O–H groups in total. The predicted octanol–water partition coefficient (Wildman–Crippen LogP) is 3.19. The summed E-state index contributed by atoms with van der Waals surface area (Å²) in [5.41, 5.74) is 3.63. The van der Waals surface area contributed by atoms with Gasteiger partial charge in [0.2, 0.25) is 5.91 Å². The number of nitrogens with one attached hydrogen (secondary N) is 2. The quantitative estimate of drug-likeness (QED) is 0.597. The van der Waals surface area contributed by atoms with Crippen molar-refractivity contribution in [3.05, 3.63) is 63.2 Å². The largest absolute Gasteiger partial charge is 0.366 e. The molecule has 2 aliphatic heterocycles. The van der Waals surface area contributed by atoms with Gasteiger partial charge < -0.3 is 15.5 Å². The van der Waals surface area contributed by atoms with E-state index < -0.39 is 0 Å². The number of rotatable bonds is 4. The van der Waals surface area contributed by atoms with Crippen LogP contribution in [0.25, 0.3) is 0 Å². The standard InChI is InChI=1S/C22H24N4O4/c1-14-4-2-3-5-17(14)22(28)23-16-8-10-25(11-9-16)19-13-18-15(6-7-21(27)24-18)12-20(19)26(29)30/h2-5,12-13,16H,6-11H2,1H3,(H,23,28)(H,24,27). The minimum Gasteiger partial charge on any atom is -0.366 e. The number of hydrogen-bond donors (Lipinski definition) is 2. The second-order valence-electron chi connectivity index (χ2n) is 7.85. The van der Waals surface area contributed by atoms with Gasteiger partial charge in [0.05, 0.1) is 4.92 Å². The number of benzene rings is 2. The van der Waals surface area contributed by atoms with Gasteiger partial charge in [-0.05, 0) is 49.4 Å². The first kappa shape index (κ1) is 19.9. The van der Waals surface area contributed by atoms with Gasteiger partial charge in [0.1, 0.15) is 5.69 Å². The molecule has 0 aromatic heterocycles. The Bertz CT molecular complexity index is 1010. The lowest BCUT2D eigenvalue weighted by molar-refractivity contribution is -0.384. The number of nitro benzene ring substituents is 1. The smallest absolute Gasteiger partial charge is 0.292 e. The second-order valence-corrected chi connectivity index (χ2v) is 7.85. The van der Waals surface area contributed by atoms with Crippen LogP contribution in [-0.2, 0) is 11.2 Å². The van der Waals surface area contributed by atoms with E-state index in [1.807, 2.05) is 36.1 Å². The molecule has 0 unspecified atom stereocenters. The lowest BCUT2D eigenvalue weighted by atomic mass is 9.99. The van der Waals surface area contributed by atoms with Crippen LogP contribution < -0.4 is 15.5 Å². The average molecular weight is 408 g/mol. The van der Waals surface area contributed by atoms with Crippen LogP contribution in [0.1, 0.15) is 40.7 Å². The molecule has 0 aliphatic carbocycles. The molecule has 1 fully saturated rings. The van der Waals surface area contributed by atoms with Gasteiger partial charge in [-0.3, -0.25) is 19.7 Å². The number of carbonyl (C=O) groups is 2. The van der Waals surface area contributed by atoms with Crippen molar-refractivity contribution in [1.82, 2.24) is 5.32 Å². The molecule has 0 saturated carbocycles. The van der Waals surface area contributed by atoms with Crippen molar-refractivity contribution in [2.24, 2.45) is 0 Å². The van der Waals surface area contributed by atoms with Gasteiger partial charge in [0.25, 0.3) is 11.6 Å². The van der Waals surface area contributed by atoms with Crippen LogP contribution in [0.15, 0.2) is 36.4 Å². The van der Waals surface area contributed by atoms with Gasteiger partial charge in [-0.1, -0.05) is 18.2 Å². The number of piperidine rings is 1. The van der Waals surface area contributed by atoms with Crippen LogP contribution in [0.2, 0.25) is 0 Å². The molecule has 2 amide bonds. The predicted molar refractivity (Wildman–Crippen MR) is 114 cm³/mol. The van der Waals surface area contributed by atoms with Crippen LogP contribution in [0.3, 0.4) is 0 Å². The Hall–Kier alpha value is -3.42. The molecule has 4 rings (SSSR count). The normalized spacial score (nSPS) is 16.6. The minimum atomic E-state index is -0.363. The molecule has 156 valence electrons. The first-order valence-corrected chi connectivity index (χ1v) is 10.1. The van der Waals surface area contributed by atoms with E-state index in [4.69, 9.17) is 0 Å². The molecule has 2 aliphatic rings. The maximum absolute atomic E-state index is 12.6. The summed E-state index contributed by atoms with van der Waals surface area (Å²) in [6.45, 7) is 3.09. The van der Waals surface area contributed by atoms with E-state index in [0.717, 1.165) is 11.1 Å². The van der Waals surface area contributed by atoms with Crippen LogP contribution in [0, 0.1) is 17.0 Å². The highest BCUT2D eigenvalue weighted by atomic mass is 16.6. The van der Waals surface area contributed by atoms with Gasteiger partial charge in [-0.15, -0.1) is 0 Å². The van der Waals surface area contributed by atoms with Gasteiger partial charge in [-0.25, -0.2) is 0 Å². The molecular weight excluding hydrogens is 384 g/mol. The Morgan fingerprint density at radius 1 is 1.20 bits per heavy atom. The molecule has 1 saturated heterocycles. The third kappa shape index (κ3) is 3.98. The van der Waals surface area contributed by atoms with Crippen molar-refractivity contribution in [3.63, 3.8) is 0 Å². The van der Waals surface area contributed by atoms with Crippen LogP contribution in [-0.4, -0.2) is 35.9 Å². The molecule has 8 nitrogen and oxygen atoms in total. The maximum atomic E-state index is 12.6. The van der Waals surface area contributed by atoms with Crippen LogP contribution >= 0.6 is 0 Å². The summed E-state index contributed by atoms with van der Waals surface area (Å²) in [6, 6.07) is 10.8. The maximum Gasteiger partial charge on any atom is 0.292 e. The molecule has 2 aromatic carbocycles. The first-order valence-electron chi connectivity index (χ1n) is 10.1. The Labute approximate surface area is 174 Å². The zero-order valence-electron chi connectivity index (χ0n) is 16.8. The van der Waals surface area contributed by atoms with E-state index in [1.54, 1.807) is 12.1 Å². The average Bonchev–Trinajstić information content (AvgIpc) is 2.73. The highest BCUT2D eigenvalue weighted by Gasteiger charge is 2.29. The zero-order valence-corrected chi connectivity index (χ0v) is 16.8. The molecule has 8 heteroatoms. The Morgan fingerprint density at radius 2 is 1.93 bits per heavy atom. The number of anilines is 2. The lowest BCUT2D eigenvalue weighted by Gasteiger charge is -2.34. The number of hydrogen-bond acceptors (Lipinski definition) is 5. The number of amides is 2. The molecular formula is C22H24N4O4. The summed E-state index contributed by atoms with van der Waals surface area (Å²) in [6.07, 6.45) is 2.24. The van der Waals surface area contributed by atoms with Crippen molar-refractivity contribution >= 4 is 28.9 Å². The molecule has 30 heavy (non-hydrogen) atoms. The van der Waals surface area contributed by atoms with E-state index in [2.05, 4.69) is 10.6 Å². The van der Waals surface area contributed by atoms with Crippen molar-refractivity contribution in [2.75, 3.05) is 23.3 Å². The minimum absolute atomic E-state index is 0.0183. The first-order chi connectivity index (χ1) is 14.4. The van der Waals surface area contributed by atoms with Gasteiger partial charge in [0.15, 0.2) is 0 Å². The fourth-order valence-corrected chi connectivity index (χ4v) is 4.16. The number of aryl methyl sites for hydroxylation is 2. The molecule has 0 atom stereocenters. The monoisotopic (exact) mass is 408 g/mol. The summed E-state index contributed by atoms with van der Waals surface area (Å²) in [5, 5.41) is 17.6. The number of nitrogens with zero attached hydrogens (tertiary/aromatic N) is 2. The Balaban J connectivity index is 1.47. The van der Waals surface area contributed by atoms with E-state index in [1.165, 1.54) is 0 Å². The molecule has 2 heterocycles. The van der Waals surface area contributed by atoms with Crippen molar-refractivity contribution in [2.45, 2.75) is 38.6 Å². The highest BCUT2D eigenvalue weighted by Crippen LogP contribution is 2.37. The summed E-state index contributed by atoms with van der Waals surface area (Å²) in [7, 11) is 0. The second kappa shape index (κ2) is 8.14. The van der Waals surface area contributed by atoms with Crippen molar-refractivity contribution < 1.29 is 14.5 Å². The molecule has 0 bridgehead atoms. The highest BCUT2D eigenvalue weighted by molar-refractivity contribution is 5.96. The molecule has 2 aromatic rings. The third-order valence-electron chi connectivity index (χ3n) is 5.85. The zero-order chi connectivity index (χ0) is 21.3. The summed E-state index contributed by atoms with van der Waals surface area (Å²) >= 11 is 0. The number of nitro groups is 1. The van der Waals surface area contributed by atoms with Gasteiger partial charge in [0, 0.05) is 42.9 Å². The Kier molecular flexibility index (Phi) is 5.39. The van der Waals surface area contributed by atoms with Crippen molar-refractivity contribution in [3.8, 4) is 0 Å². The van der Waals surface area contributed by atoms with E-state index >= 15 is 0 Å². The fourth-order valence-electron chi connectivity index (χ4n) is 4.16. The SMILES string of the molecule is Cc1ccccc1C(=O)NC1CCN(c2cc3c(cc2[N+](=O)[O-])CCC(=O)N3)CC1. The number of fused-ring (bicyclic) bond motifs is 1. The van der Waals surface area contributed by atoms with E-state index in [0.29, 0.717) is 55.7 Å². The summed E-state index contributed by atoms with van der Waals surface area (Å²) < 4.78 is 0. The fraction of sp³-hybridized carbons (Fsp3) is 0.364. The summed E-state index contributed by atoms with van der Waals surface area (Å²) in [5.74, 6) is -0.158. The van der Waals surface area contributed by atoms with Gasteiger partial charge >= 0.3 is 0 Å². The van der Waals surface area contributed by atoms with E-state index in [9.17, 15) is 19.7 Å². The third-order valence-corrected chi connectivity index (χ3v) is 5.85. The lowest BCUT2D eigenvalue weighted by Crippen LogP contribution is -2.45. The molecule has 0 radical (unpaired) electrons. The molecule has 0 spiro atoms. The number of carbonyl (C=O) groups excluding carboxylic acids is 2. The van der Waals surface area contributed by atoms with E-state index in [-0.39, 0.29) is 28.5 Å². The van der Waals surface area contributed by atoms with Crippen molar-refractivity contribution in [1.29, 1.82) is 0 Å². The topological polar surface area (TPSA) is 105 Å².